The molecule has 2 amide bonds. The number of rotatable bonds is 2. The van der Waals surface area contributed by atoms with Crippen LogP contribution >= 0.6 is 11.6 Å². The first-order valence-electron chi connectivity index (χ1n) is 4.98. The number of nitrogens with two attached hydrogens (primary N) is 1. The lowest BCUT2D eigenvalue weighted by molar-refractivity contribution is 0.139. The number of halogens is 1. The van der Waals surface area contributed by atoms with Crippen molar-refractivity contribution in [2.24, 2.45) is 10.8 Å². The monoisotopic (exact) mass is 253 g/mol. The van der Waals surface area contributed by atoms with E-state index >= 15 is 0 Å². The first-order valence-corrected chi connectivity index (χ1v) is 5.36. The van der Waals surface area contributed by atoms with Crippen molar-refractivity contribution in [3.63, 3.8) is 0 Å². The van der Waals surface area contributed by atoms with Gasteiger partial charge >= 0.3 is 6.03 Å². The Balaban J connectivity index is 2.37. The molecule has 1 aliphatic heterocycles. The second-order valence-electron chi connectivity index (χ2n) is 3.57. The first-order chi connectivity index (χ1) is 8.11. The van der Waals surface area contributed by atoms with Crippen LogP contribution in [0.25, 0.3) is 0 Å². The van der Waals surface area contributed by atoms with Gasteiger partial charge in [0.25, 0.3) is 0 Å². The summed E-state index contributed by atoms with van der Waals surface area (Å²) >= 11 is 5.81. The summed E-state index contributed by atoms with van der Waals surface area (Å²) in [5.74, 6) is 5.86. The second kappa shape index (κ2) is 4.70. The Morgan fingerprint density at radius 1 is 1.47 bits per heavy atom. The third-order valence-corrected chi connectivity index (χ3v) is 2.63. The van der Waals surface area contributed by atoms with E-state index in [1.165, 1.54) is 5.01 Å². The maximum Gasteiger partial charge on any atom is 0.340 e. The van der Waals surface area contributed by atoms with Gasteiger partial charge in [-0.15, -0.1) is 0 Å². The molecule has 90 valence electrons. The average Bonchev–Trinajstić information content (AvgIpc) is 2.29. The van der Waals surface area contributed by atoms with E-state index < -0.39 is 6.17 Å². The van der Waals surface area contributed by atoms with Crippen molar-refractivity contribution in [1.82, 2.24) is 15.9 Å². The summed E-state index contributed by atoms with van der Waals surface area (Å²) in [6.07, 6.45) is -0.494. The SMILES string of the molecule is CC1=NC(c2ccc(Cl)cc2)N(NN)C(=O)N1. The molecular formula is C10H12ClN5O. The summed E-state index contributed by atoms with van der Waals surface area (Å²) in [4.78, 5) is 16.0. The second-order valence-corrected chi connectivity index (χ2v) is 4.01. The van der Waals surface area contributed by atoms with E-state index in [1.54, 1.807) is 31.2 Å². The summed E-state index contributed by atoms with van der Waals surface area (Å²) in [6.45, 7) is 1.72. The number of hydrogen-bond donors (Lipinski definition) is 3. The molecule has 0 saturated carbocycles. The fourth-order valence-electron chi connectivity index (χ4n) is 1.59. The van der Waals surface area contributed by atoms with Crippen molar-refractivity contribution >= 4 is 23.5 Å². The standard InChI is InChI=1S/C10H12ClN5O/c1-6-13-9(16(15-12)10(17)14-6)7-2-4-8(11)5-3-7/h2-5,9,15H,12H2,1H3,(H,13,14,17). The number of amidine groups is 1. The molecule has 6 nitrogen and oxygen atoms in total. The summed E-state index contributed by atoms with van der Waals surface area (Å²) < 4.78 is 0. The lowest BCUT2D eigenvalue weighted by Gasteiger charge is -2.31. The quantitative estimate of drug-likeness (QED) is 0.546. The van der Waals surface area contributed by atoms with Crippen LogP contribution in [0.2, 0.25) is 5.02 Å². The Labute approximate surface area is 103 Å². The highest BCUT2D eigenvalue weighted by Crippen LogP contribution is 2.24. The Bertz CT molecular complexity index is 458. The average molecular weight is 254 g/mol. The molecule has 1 aromatic carbocycles. The number of nitrogens with one attached hydrogen (secondary N) is 2. The zero-order chi connectivity index (χ0) is 12.4. The van der Waals surface area contributed by atoms with E-state index in [0.717, 1.165) is 5.56 Å². The summed E-state index contributed by atoms with van der Waals surface area (Å²) in [6, 6.07) is 6.73. The van der Waals surface area contributed by atoms with Gasteiger partial charge in [-0.2, -0.15) is 5.53 Å². The summed E-state index contributed by atoms with van der Waals surface area (Å²) in [5, 5.41) is 4.39. The van der Waals surface area contributed by atoms with E-state index in [-0.39, 0.29) is 6.03 Å². The van der Waals surface area contributed by atoms with Crippen LogP contribution in [0.4, 0.5) is 4.79 Å². The highest BCUT2D eigenvalue weighted by molar-refractivity contribution is 6.30. The fourth-order valence-corrected chi connectivity index (χ4v) is 1.71. The van der Waals surface area contributed by atoms with Gasteiger partial charge in [-0.1, -0.05) is 23.7 Å². The Kier molecular flexibility index (Phi) is 3.28. The number of urea groups is 1. The molecule has 7 heteroatoms. The lowest BCUT2D eigenvalue weighted by Crippen LogP contribution is -2.56. The van der Waals surface area contributed by atoms with Crippen molar-refractivity contribution in [1.29, 1.82) is 0 Å². The normalized spacial score (nSPS) is 19.9. The van der Waals surface area contributed by atoms with Gasteiger partial charge in [0.2, 0.25) is 0 Å². The summed E-state index contributed by atoms with van der Waals surface area (Å²) in [7, 11) is 0. The first kappa shape index (κ1) is 11.8. The number of benzene rings is 1. The van der Waals surface area contributed by atoms with Gasteiger partial charge in [0.05, 0.1) is 0 Å². The highest BCUT2D eigenvalue weighted by Gasteiger charge is 2.28. The molecule has 1 aliphatic rings. The lowest BCUT2D eigenvalue weighted by atomic mass is 10.1. The molecule has 1 unspecified atom stereocenters. The van der Waals surface area contributed by atoms with Gasteiger partial charge in [0.15, 0.2) is 6.17 Å². The van der Waals surface area contributed by atoms with Crippen molar-refractivity contribution < 1.29 is 4.79 Å². The number of carbonyl (C=O) groups is 1. The van der Waals surface area contributed by atoms with E-state index in [0.29, 0.717) is 10.9 Å². The number of aliphatic imine (C=N–C) groups is 1. The van der Waals surface area contributed by atoms with Crippen LogP contribution in [-0.4, -0.2) is 16.9 Å². The Morgan fingerprint density at radius 2 is 2.12 bits per heavy atom. The van der Waals surface area contributed by atoms with Crippen LogP contribution in [0.3, 0.4) is 0 Å². The number of amides is 2. The number of nitrogens with zero attached hydrogens (tertiary/aromatic N) is 2. The maximum atomic E-state index is 11.7. The number of hydrogen-bond acceptors (Lipinski definition) is 4. The van der Waals surface area contributed by atoms with Crippen molar-refractivity contribution in [3.8, 4) is 0 Å². The topological polar surface area (TPSA) is 82.8 Å². The fraction of sp³-hybridized carbons (Fsp3) is 0.200. The van der Waals surface area contributed by atoms with Crippen LogP contribution in [-0.2, 0) is 0 Å². The molecule has 0 spiro atoms. The zero-order valence-corrected chi connectivity index (χ0v) is 9.90. The molecule has 2 rings (SSSR count). The molecule has 17 heavy (non-hydrogen) atoms. The van der Waals surface area contributed by atoms with E-state index in [9.17, 15) is 4.79 Å². The van der Waals surface area contributed by atoms with Crippen molar-refractivity contribution in [3.05, 3.63) is 34.9 Å². The molecule has 1 atom stereocenters. The zero-order valence-electron chi connectivity index (χ0n) is 9.14. The van der Waals surface area contributed by atoms with Gasteiger partial charge in [0.1, 0.15) is 5.84 Å². The molecule has 1 aromatic rings. The molecule has 0 radical (unpaired) electrons. The van der Waals surface area contributed by atoms with Gasteiger partial charge < -0.3 is 0 Å². The molecule has 0 aromatic heterocycles. The van der Waals surface area contributed by atoms with E-state index in [4.69, 9.17) is 17.4 Å². The maximum absolute atomic E-state index is 11.7. The van der Waals surface area contributed by atoms with Crippen molar-refractivity contribution in [2.45, 2.75) is 13.1 Å². The smallest absolute Gasteiger partial charge is 0.295 e. The predicted octanol–water partition coefficient (Wildman–Crippen LogP) is 1.16. The van der Waals surface area contributed by atoms with Gasteiger partial charge in [-0.3, -0.25) is 11.2 Å². The summed E-state index contributed by atoms with van der Waals surface area (Å²) in [5.41, 5.74) is 3.14. The van der Waals surface area contributed by atoms with Gasteiger partial charge in [-0.05, 0) is 24.6 Å². The van der Waals surface area contributed by atoms with E-state index in [1.807, 2.05) is 0 Å². The molecule has 4 N–H and O–H groups in total. The molecule has 0 aliphatic carbocycles. The Morgan fingerprint density at radius 3 is 2.71 bits per heavy atom. The molecule has 0 bridgehead atoms. The third-order valence-electron chi connectivity index (χ3n) is 2.37. The molecule has 0 saturated heterocycles. The largest absolute Gasteiger partial charge is 0.340 e. The minimum absolute atomic E-state index is 0.347. The van der Waals surface area contributed by atoms with Crippen LogP contribution in [0, 0.1) is 0 Å². The predicted molar refractivity (Wildman–Crippen MR) is 65.0 cm³/mol. The molecule has 0 fully saturated rings. The Hall–Kier alpha value is -1.63. The van der Waals surface area contributed by atoms with Crippen molar-refractivity contribution in [2.75, 3.05) is 0 Å². The van der Waals surface area contributed by atoms with Gasteiger partial charge in [-0.25, -0.2) is 14.8 Å². The van der Waals surface area contributed by atoms with Gasteiger partial charge in [0, 0.05) is 5.02 Å². The number of carbonyl (C=O) groups excluding carboxylic acids is 1. The van der Waals surface area contributed by atoms with E-state index in [2.05, 4.69) is 15.8 Å². The third kappa shape index (κ3) is 2.38. The van der Waals surface area contributed by atoms with Crippen LogP contribution in [0.1, 0.15) is 18.7 Å². The van der Waals surface area contributed by atoms with Crippen LogP contribution < -0.4 is 16.7 Å². The minimum atomic E-state index is -0.494. The van der Waals surface area contributed by atoms with Crippen LogP contribution in [0.5, 0.6) is 0 Å². The van der Waals surface area contributed by atoms with Crippen LogP contribution in [0.15, 0.2) is 29.3 Å². The molecule has 1 heterocycles. The minimum Gasteiger partial charge on any atom is -0.295 e. The number of hydrazine groups is 2. The molecular weight excluding hydrogens is 242 g/mol. The highest BCUT2D eigenvalue weighted by atomic mass is 35.5.